The quantitative estimate of drug-likeness (QED) is 0.251. The van der Waals surface area contributed by atoms with E-state index in [0.29, 0.717) is 17.1 Å². The molecular weight excluding hydrogens is 486 g/mol. The van der Waals surface area contributed by atoms with E-state index in [1.165, 1.54) is 18.7 Å². The van der Waals surface area contributed by atoms with Crippen LogP contribution in [0.15, 0.2) is 79.2 Å². The molecule has 2 aromatic carbocycles. The maximum Gasteiger partial charge on any atom is 0.224 e. The Morgan fingerprint density at radius 1 is 0.973 bits per heavy atom. The third-order valence-electron chi connectivity index (χ3n) is 5.51. The average molecular weight is 524 g/mol. The summed E-state index contributed by atoms with van der Waals surface area (Å²) >= 11 is 1.50. The van der Waals surface area contributed by atoms with E-state index in [4.69, 9.17) is 0 Å². The molecule has 0 bridgehead atoms. The van der Waals surface area contributed by atoms with Crippen LogP contribution in [-0.2, 0) is 26.6 Å². The number of ketones is 1. The zero-order valence-electron chi connectivity index (χ0n) is 21.8. The monoisotopic (exact) mass is 523 g/mol. The molecule has 4 N–H and O–H groups in total. The van der Waals surface area contributed by atoms with Gasteiger partial charge in [-0.25, -0.2) is 0 Å². The number of carbonyl (C=O) groups excluding carboxylic acids is 3. The van der Waals surface area contributed by atoms with E-state index in [1.807, 2.05) is 50.2 Å². The van der Waals surface area contributed by atoms with Gasteiger partial charge in [-0.1, -0.05) is 69.5 Å². The van der Waals surface area contributed by atoms with E-state index in [2.05, 4.69) is 29.1 Å². The number of Topliss-reactive ketones (excluding diaryl/α,β-unsaturated/α-hetero) is 1. The number of rotatable bonds is 15. The lowest BCUT2D eigenvalue weighted by Gasteiger charge is -2.29. The van der Waals surface area contributed by atoms with Crippen molar-refractivity contribution in [3.8, 4) is 0 Å². The Balaban J connectivity index is 2.00. The van der Waals surface area contributed by atoms with Gasteiger partial charge in [0.2, 0.25) is 11.8 Å². The molecule has 0 saturated carbocycles. The van der Waals surface area contributed by atoms with E-state index in [-0.39, 0.29) is 47.9 Å². The van der Waals surface area contributed by atoms with Crippen molar-refractivity contribution >= 4 is 35.0 Å². The summed E-state index contributed by atoms with van der Waals surface area (Å²) in [5.41, 5.74) is 3.00. The van der Waals surface area contributed by atoms with E-state index in [9.17, 15) is 19.5 Å². The van der Waals surface area contributed by atoms with Crippen LogP contribution in [0.5, 0.6) is 0 Å². The second-order valence-electron chi connectivity index (χ2n) is 9.28. The first-order valence-electron chi connectivity index (χ1n) is 12.2. The van der Waals surface area contributed by atoms with Gasteiger partial charge in [-0.15, -0.1) is 11.8 Å². The van der Waals surface area contributed by atoms with Crippen molar-refractivity contribution in [3.05, 3.63) is 90.3 Å². The van der Waals surface area contributed by atoms with Crippen LogP contribution < -0.4 is 16.0 Å². The molecule has 2 rings (SSSR count). The van der Waals surface area contributed by atoms with Crippen LogP contribution in [0, 0.1) is 5.92 Å². The van der Waals surface area contributed by atoms with Gasteiger partial charge in [0.15, 0.2) is 5.78 Å². The Labute approximate surface area is 223 Å². The minimum absolute atomic E-state index is 0.00444. The molecule has 198 valence electrons. The van der Waals surface area contributed by atoms with Crippen LogP contribution in [0.2, 0.25) is 0 Å². The van der Waals surface area contributed by atoms with Gasteiger partial charge in [-0.3, -0.25) is 14.4 Å². The van der Waals surface area contributed by atoms with E-state index >= 15 is 0 Å². The number of hydrogen-bond acceptors (Lipinski definition) is 6. The number of benzene rings is 2. The summed E-state index contributed by atoms with van der Waals surface area (Å²) < 4.78 is 0. The maximum atomic E-state index is 13.0. The summed E-state index contributed by atoms with van der Waals surface area (Å²) in [7, 11) is 0. The second-order valence-corrected chi connectivity index (χ2v) is 10.3. The Bertz CT molecular complexity index is 1100. The molecule has 7 nitrogen and oxygen atoms in total. The lowest BCUT2D eigenvalue weighted by Crippen LogP contribution is -2.48. The van der Waals surface area contributed by atoms with Gasteiger partial charge in [-0.05, 0) is 29.2 Å². The van der Waals surface area contributed by atoms with Gasteiger partial charge in [0.05, 0.1) is 30.0 Å². The number of amides is 2. The number of anilines is 1. The van der Waals surface area contributed by atoms with Gasteiger partial charge in [0.1, 0.15) is 0 Å². The van der Waals surface area contributed by atoms with E-state index in [0.717, 1.165) is 11.1 Å². The van der Waals surface area contributed by atoms with E-state index < -0.39 is 12.1 Å². The Kier molecular flexibility index (Phi) is 12.0. The SMILES string of the molecule is C=C(O)C[C@H](NC(=C)[C@@H](NC(=O)Cc1cccc(NC(C)=O)c1)C(C)C)C(=O)CSCc1ccccc1. The summed E-state index contributed by atoms with van der Waals surface area (Å²) in [6.07, 6.45) is 0.175. The zero-order valence-corrected chi connectivity index (χ0v) is 22.6. The first kappa shape index (κ1) is 29.7. The van der Waals surface area contributed by atoms with Crippen molar-refractivity contribution in [2.24, 2.45) is 5.92 Å². The molecule has 0 unspecified atom stereocenters. The molecule has 0 spiro atoms. The molecule has 0 radical (unpaired) electrons. The molecule has 0 aromatic heterocycles. The van der Waals surface area contributed by atoms with Crippen molar-refractivity contribution in [3.63, 3.8) is 0 Å². The van der Waals surface area contributed by atoms with Gasteiger partial charge >= 0.3 is 0 Å². The van der Waals surface area contributed by atoms with Gasteiger partial charge < -0.3 is 21.1 Å². The fourth-order valence-corrected chi connectivity index (χ4v) is 4.70. The zero-order chi connectivity index (χ0) is 27.4. The standard InChI is InChI=1S/C29H37N3O4S/c1-19(2)29(32-28(36)16-24-12-9-13-25(15-24)31-22(5)34)21(4)30-26(14-20(3)33)27(35)18-37-17-23-10-7-6-8-11-23/h6-13,15,19,26,29-30,33H,3-4,14,16-18H2,1-2,5H3,(H,31,34)(H,32,36)/t26-,29-/m0/s1. The highest BCUT2D eigenvalue weighted by Crippen LogP contribution is 2.17. The normalized spacial score (nSPS) is 12.3. The minimum atomic E-state index is -0.708. The highest BCUT2D eigenvalue weighted by Gasteiger charge is 2.25. The number of thioether (sulfide) groups is 1. The molecule has 0 saturated heterocycles. The van der Waals surface area contributed by atoms with Crippen LogP contribution >= 0.6 is 11.8 Å². The molecule has 0 heterocycles. The van der Waals surface area contributed by atoms with Gasteiger partial charge in [0.25, 0.3) is 0 Å². The predicted molar refractivity (Wildman–Crippen MR) is 151 cm³/mol. The molecule has 0 fully saturated rings. The molecule has 8 heteroatoms. The molecule has 37 heavy (non-hydrogen) atoms. The summed E-state index contributed by atoms with van der Waals surface area (Å²) in [5, 5.41) is 18.6. The minimum Gasteiger partial charge on any atom is -0.513 e. The second kappa shape index (κ2) is 14.9. The maximum absolute atomic E-state index is 13.0. The summed E-state index contributed by atoms with van der Waals surface area (Å²) in [4.78, 5) is 37.1. The van der Waals surface area contributed by atoms with Crippen LogP contribution in [0.25, 0.3) is 0 Å². The number of nitrogens with one attached hydrogen (secondary N) is 3. The summed E-state index contributed by atoms with van der Waals surface area (Å²) in [6.45, 7) is 13.0. The van der Waals surface area contributed by atoms with Crippen LogP contribution in [0.3, 0.4) is 0 Å². The topological polar surface area (TPSA) is 108 Å². The largest absolute Gasteiger partial charge is 0.513 e. The number of aliphatic hydroxyl groups excluding tert-OH is 1. The van der Waals surface area contributed by atoms with Crippen molar-refractivity contribution in [2.45, 2.75) is 51.4 Å². The lowest BCUT2D eigenvalue weighted by atomic mass is 9.99. The molecular formula is C29H37N3O4S. The third-order valence-corrected chi connectivity index (χ3v) is 6.54. The third kappa shape index (κ3) is 11.0. The Morgan fingerprint density at radius 3 is 2.27 bits per heavy atom. The fraction of sp³-hybridized carbons (Fsp3) is 0.345. The summed E-state index contributed by atoms with van der Waals surface area (Å²) in [5.74, 6) is 0.378. The van der Waals surface area contributed by atoms with Gasteiger partial charge in [0, 0.05) is 30.5 Å². The van der Waals surface area contributed by atoms with Gasteiger partial charge in [-0.2, -0.15) is 0 Å². The Morgan fingerprint density at radius 2 is 1.65 bits per heavy atom. The van der Waals surface area contributed by atoms with Crippen molar-refractivity contribution in [1.29, 1.82) is 0 Å². The first-order valence-corrected chi connectivity index (χ1v) is 13.3. The van der Waals surface area contributed by atoms with Crippen LogP contribution in [0.1, 0.15) is 38.3 Å². The highest BCUT2D eigenvalue weighted by atomic mass is 32.2. The van der Waals surface area contributed by atoms with E-state index in [1.54, 1.807) is 18.2 Å². The van der Waals surface area contributed by atoms with Crippen molar-refractivity contribution in [1.82, 2.24) is 10.6 Å². The molecule has 0 aliphatic carbocycles. The smallest absolute Gasteiger partial charge is 0.224 e. The molecule has 0 aliphatic heterocycles. The van der Waals surface area contributed by atoms with Crippen molar-refractivity contribution < 1.29 is 19.5 Å². The van der Waals surface area contributed by atoms with Crippen LogP contribution in [0.4, 0.5) is 5.69 Å². The number of carbonyl (C=O) groups is 3. The Hall–Kier alpha value is -3.52. The summed E-state index contributed by atoms with van der Waals surface area (Å²) in [6, 6.07) is 15.9. The first-order chi connectivity index (χ1) is 17.5. The lowest BCUT2D eigenvalue weighted by molar-refractivity contribution is -0.121. The number of aliphatic hydroxyl groups is 1. The molecule has 2 amide bonds. The highest BCUT2D eigenvalue weighted by molar-refractivity contribution is 7.99. The molecule has 2 aromatic rings. The molecule has 2 atom stereocenters. The predicted octanol–water partition coefficient (Wildman–Crippen LogP) is 4.76. The fourth-order valence-electron chi connectivity index (χ4n) is 3.77. The number of hydrogen-bond donors (Lipinski definition) is 4. The average Bonchev–Trinajstić information content (AvgIpc) is 2.82. The molecule has 0 aliphatic rings. The van der Waals surface area contributed by atoms with Crippen LogP contribution in [-0.4, -0.2) is 40.5 Å². The van der Waals surface area contributed by atoms with Crippen molar-refractivity contribution in [2.75, 3.05) is 11.1 Å².